The number of sulfonamides is 1. The summed E-state index contributed by atoms with van der Waals surface area (Å²) in [7, 11) is -1.44. The van der Waals surface area contributed by atoms with Crippen LogP contribution in [0.1, 0.15) is 18.4 Å². The van der Waals surface area contributed by atoms with Crippen LogP contribution >= 0.6 is 0 Å². The largest absolute Gasteiger partial charge is 0.345 e. The first kappa shape index (κ1) is 16.9. The van der Waals surface area contributed by atoms with Gasteiger partial charge in [-0.15, -0.1) is 0 Å². The highest BCUT2D eigenvalue weighted by atomic mass is 32.2. The summed E-state index contributed by atoms with van der Waals surface area (Å²) in [5.74, 6) is -0.201. The minimum atomic E-state index is -3.22. The highest BCUT2D eigenvalue weighted by Gasteiger charge is 2.31. The monoisotopic (exact) mass is 325 g/mol. The van der Waals surface area contributed by atoms with Crippen molar-refractivity contribution in [3.63, 3.8) is 0 Å². The third-order valence-electron chi connectivity index (χ3n) is 4.06. The fourth-order valence-electron chi connectivity index (χ4n) is 2.71. The number of likely N-dealkylation sites (N-methyl/N-ethyl adjacent to an activating group) is 1. The van der Waals surface area contributed by atoms with Crippen LogP contribution in [-0.4, -0.2) is 61.5 Å². The van der Waals surface area contributed by atoms with Crippen molar-refractivity contribution in [1.29, 1.82) is 0 Å². The third kappa shape index (κ3) is 4.51. The zero-order valence-corrected chi connectivity index (χ0v) is 13.9. The van der Waals surface area contributed by atoms with Crippen molar-refractivity contribution in [3.8, 4) is 0 Å². The van der Waals surface area contributed by atoms with Crippen molar-refractivity contribution < 1.29 is 13.2 Å². The van der Waals surface area contributed by atoms with Gasteiger partial charge in [-0.25, -0.2) is 12.7 Å². The summed E-state index contributed by atoms with van der Waals surface area (Å²) in [5, 5.41) is 0. The number of amides is 1. The van der Waals surface area contributed by atoms with E-state index >= 15 is 0 Å². The van der Waals surface area contributed by atoms with Gasteiger partial charge in [0.1, 0.15) is 0 Å². The smallest absolute Gasteiger partial charge is 0.226 e. The van der Waals surface area contributed by atoms with E-state index in [9.17, 15) is 13.2 Å². The van der Waals surface area contributed by atoms with Gasteiger partial charge in [0.25, 0.3) is 0 Å². The Morgan fingerprint density at radius 1 is 1.41 bits per heavy atom. The van der Waals surface area contributed by atoms with Crippen molar-refractivity contribution in [1.82, 2.24) is 14.2 Å². The van der Waals surface area contributed by atoms with Gasteiger partial charge in [0, 0.05) is 39.1 Å². The topological polar surface area (TPSA) is 70.6 Å². The molecule has 1 aliphatic rings. The van der Waals surface area contributed by atoms with Crippen molar-refractivity contribution in [2.45, 2.75) is 19.3 Å². The molecule has 1 aromatic heterocycles. The molecule has 1 fully saturated rings. The Hall–Kier alpha value is -1.47. The average molecular weight is 325 g/mol. The first-order valence-electron chi connectivity index (χ1n) is 7.47. The lowest BCUT2D eigenvalue weighted by atomic mass is 9.98. The van der Waals surface area contributed by atoms with Crippen LogP contribution in [0.15, 0.2) is 24.5 Å². The molecule has 1 aliphatic heterocycles. The molecule has 22 heavy (non-hydrogen) atoms. The van der Waals surface area contributed by atoms with Crippen LogP contribution in [0, 0.1) is 5.92 Å². The molecule has 0 aromatic carbocycles. The molecule has 0 bridgehead atoms. The Balaban J connectivity index is 1.90. The molecule has 1 unspecified atom stereocenters. The fourth-order valence-corrected chi connectivity index (χ4v) is 3.62. The number of pyridine rings is 1. The second kappa shape index (κ2) is 7.19. The van der Waals surface area contributed by atoms with Gasteiger partial charge in [-0.1, -0.05) is 0 Å². The van der Waals surface area contributed by atoms with E-state index in [1.165, 1.54) is 10.6 Å². The van der Waals surface area contributed by atoms with E-state index in [2.05, 4.69) is 4.98 Å². The predicted octanol–water partition coefficient (Wildman–Crippen LogP) is 0.754. The van der Waals surface area contributed by atoms with Gasteiger partial charge in [-0.05, 0) is 37.0 Å². The van der Waals surface area contributed by atoms with Gasteiger partial charge in [-0.2, -0.15) is 0 Å². The van der Waals surface area contributed by atoms with Gasteiger partial charge < -0.3 is 4.90 Å². The summed E-state index contributed by atoms with van der Waals surface area (Å²) in [5.41, 5.74) is 1.14. The van der Waals surface area contributed by atoms with Crippen LogP contribution in [0.25, 0.3) is 0 Å². The molecule has 2 rings (SSSR count). The van der Waals surface area contributed by atoms with Crippen molar-refractivity contribution in [3.05, 3.63) is 30.1 Å². The van der Waals surface area contributed by atoms with Crippen LogP contribution in [0.4, 0.5) is 0 Å². The molecule has 2 heterocycles. The molecule has 0 saturated carbocycles. The summed E-state index contributed by atoms with van der Waals surface area (Å²) < 4.78 is 24.7. The Morgan fingerprint density at radius 2 is 2.09 bits per heavy atom. The highest BCUT2D eigenvalue weighted by molar-refractivity contribution is 7.88. The molecule has 1 atom stereocenters. The van der Waals surface area contributed by atoms with Crippen LogP contribution in [0.3, 0.4) is 0 Å². The summed E-state index contributed by atoms with van der Waals surface area (Å²) in [6, 6.07) is 3.87. The predicted molar refractivity (Wildman–Crippen MR) is 84.7 cm³/mol. The van der Waals surface area contributed by atoms with Gasteiger partial charge >= 0.3 is 0 Å². The Kier molecular flexibility index (Phi) is 5.52. The second-order valence-corrected chi connectivity index (χ2v) is 7.81. The van der Waals surface area contributed by atoms with Crippen molar-refractivity contribution in [2.24, 2.45) is 5.92 Å². The summed E-state index contributed by atoms with van der Waals surface area (Å²) in [4.78, 5) is 18.2. The number of aromatic nitrogens is 1. The lowest BCUT2D eigenvalue weighted by Crippen LogP contribution is -2.45. The number of rotatable bonds is 5. The van der Waals surface area contributed by atoms with E-state index in [-0.39, 0.29) is 11.8 Å². The highest BCUT2D eigenvalue weighted by Crippen LogP contribution is 2.20. The maximum atomic E-state index is 12.5. The van der Waals surface area contributed by atoms with Crippen LogP contribution in [0.5, 0.6) is 0 Å². The standard InChI is InChI=1S/C15H23N3O3S/c1-17(11-7-13-5-8-16-9-6-13)15(19)14-4-3-10-18(12-14)22(2,20)21/h5-6,8-9,14H,3-4,7,10-12H2,1-2H3. The first-order valence-corrected chi connectivity index (χ1v) is 9.32. The van der Waals surface area contributed by atoms with Gasteiger partial charge in [0.05, 0.1) is 12.2 Å². The lowest BCUT2D eigenvalue weighted by Gasteiger charge is -2.32. The van der Waals surface area contributed by atoms with Gasteiger partial charge in [0.2, 0.25) is 15.9 Å². The number of carbonyl (C=O) groups is 1. The molecule has 7 heteroatoms. The second-order valence-electron chi connectivity index (χ2n) is 5.83. The summed E-state index contributed by atoms with van der Waals surface area (Å²) >= 11 is 0. The zero-order valence-electron chi connectivity index (χ0n) is 13.1. The molecule has 1 amide bonds. The quantitative estimate of drug-likeness (QED) is 0.801. The summed E-state index contributed by atoms with van der Waals surface area (Å²) in [6.07, 6.45) is 6.94. The first-order chi connectivity index (χ1) is 10.4. The number of piperidine rings is 1. The minimum absolute atomic E-state index is 0.0300. The van der Waals surface area contributed by atoms with E-state index < -0.39 is 10.0 Å². The maximum Gasteiger partial charge on any atom is 0.226 e. The number of hydrogen-bond acceptors (Lipinski definition) is 4. The molecule has 122 valence electrons. The molecule has 1 saturated heterocycles. The zero-order chi connectivity index (χ0) is 16.2. The molecular weight excluding hydrogens is 302 g/mol. The fraction of sp³-hybridized carbons (Fsp3) is 0.600. The molecule has 0 radical (unpaired) electrons. The minimum Gasteiger partial charge on any atom is -0.345 e. The Bertz CT molecular complexity index is 604. The van der Waals surface area contributed by atoms with E-state index in [1.807, 2.05) is 12.1 Å². The number of carbonyl (C=O) groups excluding carboxylic acids is 1. The van der Waals surface area contributed by atoms with E-state index in [0.717, 1.165) is 24.8 Å². The molecule has 0 aliphatic carbocycles. The third-order valence-corrected chi connectivity index (χ3v) is 5.33. The SMILES string of the molecule is CN(CCc1ccncc1)C(=O)C1CCCN(S(C)(=O)=O)C1. The Morgan fingerprint density at radius 3 is 2.73 bits per heavy atom. The number of hydrogen-bond donors (Lipinski definition) is 0. The van der Waals surface area contributed by atoms with Crippen molar-refractivity contribution in [2.75, 3.05) is 32.9 Å². The number of nitrogens with zero attached hydrogens (tertiary/aromatic N) is 3. The lowest BCUT2D eigenvalue weighted by molar-refractivity contribution is -0.135. The molecule has 6 nitrogen and oxygen atoms in total. The van der Waals surface area contributed by atoms with Crippen molar-refractivity contribution >= 4 is 15.9 Å². The van der Waals surface area contributed by atoms with Crippen LogP contribution in [-0.2, 0) is 21.2 Å². The Labute approximate surface area is 132 Å². The van der Waals surface area contributed by atoms with E-state index in [0.29, 0.717) is 19.6 Å². The van der Waals surface area contributed by atoms with Crippen LogP contribution in [0.2, 0.25) is 0 Å². The summed E-state index contributed by atoms with van der Waals surface area (Å²) in [6.45, 7) is 1.44. The average Bonchev–Trinajstić information content (AvgIpc) is 2.52. The van der Waals surface area contributed by atoms with E-state index in [4.69, 9.17) is 0 Å². The molecule has 0 N–H and O–H groups in total. The van der Waals surface area contributed by atoms with Crippen LogP contribution < -0.4 is 0 Å². The normalized spacial score (nSPS) is 19.8. The molecular formula is C15H23N3O3S. The van der Waals surface area contributed by atoms with Gasteiger partial charge in [0.15, 0.2) is 0 Å². The molecule has 0 spiro atoms. The van der Waals surface area contributed by atoms with Gasteiger partial charge in [-0.3, -0.25) is 9.78 Å². The maximum absolute atomic E-state index is 12.5. The molecule has 1 aromatic rings. The van der Waals surface area contributed by atoms with E-state index in [1.54, 1.807) is 24.3 Å².